The predicted molar refractivity (Wildman–Crippen MR) is 85.1 cm³/mol. The molecule has 116 valence electrons. The summed E-state index contributed by atoms with van der Waals surface area (Å²) in [7, 11) is 0. The van der Waals surface area contributed by atoms with E-state index in [4.69, 9.17) is 16.3 Å². The summed E-state index contributed by atoms with van der Waals surface area (Å²) >= 11 is 5.78. The first-order chi connectivity index (χ1) is 10.7. The Hall–Kier alpha value is -2.14. The molecule has 2 heterocycles. The summed E-state index contributed by atoms with van der Waals surface area (Å²) in [4.78, 5) is 20.1. The molecule has 0 fully saturated rings. The van der Waals surface area contributed by atoms with E-state index in [0.717, 1.165) is 18.4 Å². The van der Waals surface area contributed by atoms with Gasteiger partial charge in [-0.2, -0.15) is 0 Å². The van der Waals surface area contributed by atoms with Gasteiger partial charge in [0.15, 0.2) is 0 Å². The normalized spacial score (nSPS) is 10.3. The standard InChI is InChI=1S/C16H18ClN3O2/c1-2-3-9-22-16-13(5-4-7-19-16)11-20-15(21)12-6-8-18-14(17)10-12/h4-8,10H,2-3,9,11H2,1H3,(H,20,21). The van der Waals surface area contributed by atoms with Crippen LogP contribution in [0.3, 0.4) is 0 Å². The number of rotatable bonds is 7. The third-order valence-corrected chi connectivity index (χ3v) is 3.22. The molecule has 5 nitrogen and oxygen atoms in total. The molecule has 2 rings (SSSR count). The molecule has 1 N–H and O–H groups in total. The third-order valence-electron chi connectivity index (χ3n) is 3.01. The summed E-state index contributed by atoms with van der Waals surface area (Å²) in [6.07, 6.45) is 5.20. The Labute approximate surface area is 134 Å². The van der Waals surface area contributed by atoms with Gasteiger partial charge in [0.1, 0.15) is 5.15 Å². The lowest BCUT2D eigenvalue weighted by molar-refractivity contribution is 0.0950. The van der Waals surface area contributed by atoms with E-state index in [-0.39, 0.29) is 11.1 Å². The Balaban J connectivity index is 1.97. The van der Waals surface area contributed by atoms with Gasteiger partial charge < -0.3 is 10.1 Å². The van der Waals surface area contributed by atoms with E-state index in [2.05, 4.69) is 22.2 Å². The van der Waals surface area contributed by atoms with Crippen LogP contribution in [-0.4, -0.2) is 22.5 Å². The second-order valence-corrected chi connectivity index (χ2v) is 5.11. The molecule has 0 unspecified atom stereocenters. The summed E-state index contributed by atoms with van der Waals surface area (Å²) in [5.74, 6) is 0.344. The Bertz CT molecular complexity index is 634. The van der Waals surface area contributed by atoms with Crippen LogP contribution in [0.4, 0.5) is 0 Å². The predicted octanol–water partition coefficient (Wildman–Crippen LogP) is 3.24. The van der Waals surface area contributed by atoms with Crippen molar-refractivity contribution in [2.24, 2.45) is 0 Å². The van der Waals surface area contributed by atoms with E-state index in [0.29, 0.717) is 24.6 Å². The summed E-state index contributed by atoms with van der Waals surface area (Å²) in [5, 5.41) is 3.12. The minimum absolute atomic E-state index is 0.215. The van der Waals surface area contributed by atoms with Crippen molar-refractivity contribution in [1.82, 2.24) is 15.3 Å². The van der Waals surface area contributed by atoms with Crippen molar-refractivity contribution in [2.45, 2.75) is 26.3 Å². The minimum atomic E-state index is -0.215. The van der Waals surface area contributed by atoms with Crippen molar-refractivity contribution in [3.05, 3.63) is 52.9 Å². The summed E-state index contributed by atoms with van der Waals surface area (Å²) in [6.45, 7) is 3.06. The highest BCUT2D eigenvalue weighted by molar-refractivity contribution is 6.29. The Morgan fingerprint density at radius 1 is 1.32 bits per heavy atom. The highest BCUT2D eigenvalue weighted by atomic mass is 35.5. The van der Waals surface area contributed by atoms with E-state index in [1.807, 2.05) is 12.1 Å². The molecule has 2 aromatic heterocycles. The molecule has 0 bridgehead atoms. The summed E-state index contributed by atoms with van der Waals surface area (Å²) in [5.41, 5.74) is 1.31. The highest BCUT2D eigenvalue weighted by Gasteiger charge is 2.09. The van der Waals surface area contributed by atoms with Crippen LogP contribution in [0, 0.1) is 0 Å². The van der Waals surface area contributed by atoms with Crippen molar-refractivity contribution >= 4 is 17.5 Å². The molecular weight excluding hydrogens is 302 g/mol. The van der Waals surface area contributed by atoms with E-state index >= 15 is 0 Å². The number of ether oxygens (including phenoxy) is 1. The SMILES string of the molecule is CCCCOc1ncccc1CNC(=O)c1ccnc(Cl)c1. The fourth-order valence-electron chi connectivity index (χ4n) is 1.82. The molecule has 0 radical (unpaired) electrons. The topological polar surface area (TPSA) is 64.1 Å². The first-order valence-corrected chi connectivity index (χ1v) is 7.55. The van der Waals surface area contributed by atoms with Gasteiger partial charge in [-0.15, -0.1) is 0 Å². The van der Waals surface area contributed by atoms with Gasteiger partial charge in [-0.1, -0.05) is 31.0 Å². The van der Waals surface area contributed by atoms with Crippen LogP contribution in [-0.2, 0) is 6.54 Å². The van der Waals surface area contributed by atoms with Crippen molar-refractivity contribution in [2.75, 3.05) is 6.61 Å². The minimum Gasteiger partial charge on any atom is -0.477 e. The zero-order valence-electron chi connectivity index (χ0n) is 12.4. The fourth-order valence-corrected chi connectivity index (χ4v) is 2.00. The van der Waals surface area contributed by atoms with Gasteiger partial charge >= 0.3 is 0 Å². The van der Waals surface area contributed by atoms with Crippen LogP contribution in [0.25, 0.3) is 0 Å². The molecular formula is C16H18ClN3O2. The molecule has 0 spiro atoms. The molecule has 0 atom stereocenters. The second-order valence-electron chi connectivity index (χ2n) is 4.72. The van der Waals surface area contributed by atoms with E-state index < -0.39 is 0 Å². The van der Waals surface area contributed by atoms with Gasteiger partial charge in [0.2, 0.25) is 5.88 Å². The quantitative estimate of drug-likeness (QED) is 0.628. The first kappa shape index (κ1) is 16.2. The lowest BCUT2D eigenvalue weighted by atomic mass is 10.2. The maximum absolute atomic E-state index is 12.1. The average molecular weight is 320 g/mol. The van der Waals surface area contributed by atoms with Crippen LogP contribution >= 0.6 is 11.6 Å². The molecule has 1 amide bonds. The Morgan fingerprint density at radius 2 is 2.18 bits per heavy atom. The van der Waals surface area contributed by atoms with Crippen LogP contribution in [0.2, 0.25) is 5.15 Å². The smallest absolute Gasteiger partial charge is 0.251 e. The van der Waals surface area contributed by atoms with Gasteiger partial charge in [-0.3, -0.25) is 4.79 Å². The van der Waals surface area contributed by atoms with Crippen molar-refractivity contribution in [1.29, 1.82) is 0 Å². The highest BCUT2D eigenvalue weighted by Crippen LogP contribution is 2.15. The summed E-state index contributed by atoms with van der Waals surface area (Å²) in [6, 6.07) is 6.84. The van der Waals surface area contributed by atoms with Crippen molar-refractivity contribution in [3.63, 3.8) is 0 Å². The van der Waals surface area contributed by atoms with Gasteiger partial charge in [0.05, 0.1) is 6.61 Å². The van der Waals surface area contributed by atoms with Gasteiger partial charge in [0.25, 0.3) is 5.91 Å². The van der Waals surface area contributed by atoms with Crippen LogP contribution in [0.5, 0.6) is 5.88 Å². The lowest BCUT2D eigenvalue weighted by Gasteiger charge is -2.11. The molecule has 2 aromatic rings. The molecule has 0 aliphatic heterocycles. The van der Waals surface area contributed by atoms with E-state index in [1.165, 1.54) is 12.3 Å². The third kappa shape index (κ3) is 4.70. The maximum atomic E-state index is 12.1. The number of carbonyl (C=O) groups excluding carboxylic acids is 1. The number of nitrogens with zero attached hydrogens (tertiary/aromatic N) is 2. The first-order valence-electron chi connectivity index (χ1n) is 7.17. The molecule has 22 heavy (non-hydrogen) atoms. The number of hydrogen-bond acceptors (Lipinski definition) is 4. The number of aromatic nitrogens is 2. The summed E-state index contributed by atoms with van der Waals surface area (Å²) < 4.78 is 5.64. The number of amides is 1. The number of pyridine rings is 2. The number of hydrogen-bond donors (Lipinski definition) is 1. The van der Waals surface area contributed by atoms with Gasteiger partial charge in [-0.25, -0.2) is 9.97 Å². The van der Waals surface area contributed by atoms with Crippen molar-refractivity contribution < 1.29 is 9.53 Å². The maximum Gasteiger partial charge on any atom is 0.251 e. The van der Waals surface area contributed by atoms with Gasteiger partial charge in [-0.05, 0) is 24.6 Å². The second kappa shape index (κ2) is 8.34. The fraction of sp³-hybridized carbons (Fsp3) is 0.312. The van der Waals surface area contributed by atoms with E-state index in [9.17, 15) is 4.79 Å². The molecule has 0 aliphatic rings. The molecule has 6 heteroatoms. The monoisotopic (exact) mass is 319 g/mol. The van der Waals surface area contributed by atoms with Crippen LogP contribution < -0.4 is 10.1 Å². The molecule has 0 aliphatic carbocycles. The zero-order valence-corrected chi connectivity index (χ0v) is 13.1. The number of unbranched alkanes of at least 4 members (excludes halogenated alkanes) is 1. The Kier molecular flexibility index (Phi) is 6.15. The van der Waals surface area contributed by atoms with Crippen LogP contribution in [0.15, 0.2) is 36.7 Å². The number of halogens is 1. The molecule has 0 aromatic carbocycles. The number of nitrogens with one attached hydrogen (secondary N) is 1. The van der Waals surface area contributed by atoms with Gasteiger partial charge in [0, 0.05) is 30.1 Å². The van der Waals surface area contributed by atoms with Crippen molar-refractivity contribution in [3.8, 4) is 5.88 Å². The zero-order chi connectivity index (χ0) is 15.8. The largest absolute Gasteiger partial charge is 0.477 e. The Morgan fingerprint density at radius 3 is 2.95 bits per heavy atom. The van der Waals surface area contributed by atoms with Crippen LogP contribution in [0.1, 0.15) is 35.7 Å². The lowest BCUT2D eigenvalue weighted by Crippen LogP contribution is -2.23. The van der Waals surface area contributed by atoms with E-state index in [1.54, 1.807) is 12.3 Å². The average Bonchev–Trinajstić information content (AvgIpc) is 2.54. The molecule has 0 saturated carbocycles. The number of carbonyl (C=O) groups is 1. The molecule has 0 saturated heterocycles.